The summed E-state index contributed by atoms with van der Waals surface area (Å²) in [4.78, 5) is 9.55. The Labute approximate surface area is 171 Å². The van der Waals surface area contributed by atoms with Gasteiger partial charge in [0.1, 0.15) is 9.38 Å². The Morgan fingerprint density at radius 3 is 2.81 bits per heavy atom. The summed E-state index contributed by atoms with van der Waals surface area (Å²) in [5, 5.41) is 3.04. The average molecular weight is 415 g/mol. The van der Waals surface area contributed by atoms with E-state index in [2.05, 4.69) is 23.6 Å². The highest BCUT2D eigenvalue weighted by Gasteiger charge is 2.16. The number of hydrogen-bond acceptors (Lipinski definition) is 7. The topological polar surface area (TPSA) is 43.7 Å². The quantitative estimate of drug-likeness (QED) is 0.513. The number of para-hydroxylation sites is 2. The predicted molar refractivity (Wildman–Crippen MR) is 117 cm³/mol. The van der Waals surface area contributed by atoms with Gasteiger partial charge in [-0.2, -0.15) is 0 Å². The maximum absolute atomic E-state index is 5.53. The van der Waals surface area contributed by atoms with Crippen LogP contribution in [0.15, 0.2) is 52.8 Å². The van der Waals surface area contributed by atoms with Gasteiger partial charge >= 0.3 is 0 Å². The summed E-state index contributed by atoms with van der Waals surface area (Å²) in [5.41, 5.74) is 4.38. The minimum absolute atomic E-state index is 0.716. The number of benzene rings is 2. The van der Waals surface area contributed by atoms with Crippen molar-refractivity contribution < 1.29 is 9.47 Å². The average Bonchev–Trinajstić information content (AvgIpc) is 3.20. The standard InChI is InChI=1S/C20H18N2O2S3/c1-23-17-9-5-7-15(18(17)24-2)19-21-14(11-25-19)12-27-20-22-16-8-4-3-6-13(16)10-26-20/h3-9,11H,10,12H2,1-2H3. The van der Waals surface area contributed by atoms with Gasteiger partial charge in [-0.3, -0.25) is 0 Å². The lowest BCUT2D eigenvalue weighted by molar-refractivity contribution is 0.356. The van der Waals surface area contributed by atoms with Gasteiger partial charge < -0.3 is 9.47 Å². The Bertz CT molecular complexity index is 985. The first kappa shape index (κ1) is 18.4. The van der Waals surface area contributed by atoms with Crippen molar-refractivity contribution in [1.29, 1.82) is 0 Å². The van der Waals surface area contributed by atoms with Gasteiger partial charge in [0.25, 0.3) is 0 Å². The van der Waals surface area contributed by atoms with E-state index in [1.807, 2.05) is 24.3 Å². The van der Waals surface area contributed by atoms with Crippen molar-refractivity contribution >= 4 is 44.9 Å². The van der Waals surface area contributed by atoms with E-state index in [0.29, 0.717) is 5.75 Å². The molecule has 0 spiro atoms. The third kappa shape index (κ3) is 4.00. The highest BCUT2D eigenvalue weighted by Crippen LogP contribution is 2.40. The molecule has 0 N–H and O–H groups in total. The van der Waals surface area contributed by atoms with Gasteiger partial charge in [-0.15, -0.1) is 11.3 Å². The first-order chi connectivity index (χ1) is 13.3. The Morgan fingerprint density at radius 2 is 1.96 bits per heavy atom. The monoisotopic (exact) mass is 414 g/mol. The zero-order valence-electron chi connectivity index (χ0n) is 15.0. The van der Waals surface area contributed by atoms with Crippen molar-refractivity contribution in [2.45, 2.75) is 11.5 Å². The SMILES string of the molecule is COc1cccc(-c2nc(CSC3=Nc4ccccc4CS3)cs2)c1OC. The number of aliphatic imine (C=N–C) groups is 1. The number of rotatable bonds is 5. The molecule has 4 nitrogen and oxygen atoms in total. The lowest BCUT2D eigenvalue weighted by Gasteiger charge is -2.13. The highest BCUT2D eigenvalue weighted by atomic mass is 32.2. The van der Waals surface area contributed by atoms with Crippen LogP contribution in [-0.4, -0.2) is 23.6 Å². The van der Waals surface area contributed by atoms with E-state index in [1.165, 1.54) is 5.56 Å². The molecule has 2 aromatic carbocycles. The molecule has 0 bridgehead atoms. The van der Waals surface area contributed by atoms with E-state index in [-0.39, 0.29) is 0 Å². The number of ether oxygens (including phenoxy) is 2. The summed E-state index contributed by atoms with van der Waals surface area (Å²) in [7, 11) is 3.30. The van der Waals surface area contributed by atoms with E-state index in [0.717, 1.165) is 43.6 Å². The number of aromatic nitrogens is 1. The maximum atomic E-state index is 5.53. The first-order valence-electron chi connectivity index (χ1n) is 8.36. The lowest BCUT2D eigenvalue weighted by atomic mass is 10.2. The van der Waals surface area contributed by atoms with E-state index in [1.54, 1.807) is 49.1 Å². The van der Waals surface area contributed by atoms with Gasteiger partial charge in [-0.25, -0.2) is 9.98 Å². The van der Waals surface area contributed by atoms with Crippen molar-refractivity contribution in [1.82, 2.24) is 4.98 Å². The van der Waals surface area contributed by atoms with Crippen LogP contribution in [0, 0.1) is 0 Å². The third-order valence-electron chi connectivity index (χ3n) is 4.08. The number of fused-ring (bicyclic) bond motifs is 1. The van der Waals surface area contributed by atoms with Crippen LogP contribution in [0.2, 0.25) is 0 Å². The Morgan fingerprint density at radius 1 is 1.07 bits per heavy atom. The molecule has 7 heteroatoms. The molecule has 0 atom stereocenters. The molecule has 1 aliphatic heterocycles. The number of nitrogens with zero attached hydrogens (tertiary/aromatic N) is 2. The van der Waals surface area contributed by atoms with Crippen molar-refractivity contribution in [2.75, 3.05) is 14.2 Å². The first-order valence-corrected chi connectivity index (χ1v) is 11.2. The molecule has 4 rings (SSSR count). The Hall–Kier alpha value is -1.96. The van der Waals surface area contributed by atoms with Crippen LogP contribution in [0.4, 0.5) is 5.69 Å². The van der Waals surface area contributed by atoms with Gasteiger partial charge in [0.05, 0.1) is 31.2 Å². The molecule has 0 saturated heterocycles. The molecular weight excluding hydrogens is 396 g/mol. The van der Waals surface area contributed by atoms with Crippen LogP contribution in [0.1, 0.15) is 11.3 Å². The molecule has 1 aliphatic rings. The fraction of sp³-hybridized carbons (Fsp3) is 0.200. The van der Waals surface area contributed by atoms with Crippen LogP contribution in [0.5, 0.6) is 11.5 Å². The molecule has 138 valence electrons. The molecule has 0 unspecified atom stereocenters. The van der Waals surface area contributed by atoms with E-state index in [4.69, 9.17) is 19.5 Å². The highest BCUT2D eigenvalue weighted by molar-refractivity contribution is 8.38. The largest absolute Gasteiger partial charge is 0.493 e. The molecule has 0 saturated carbocycles. The predicted octanol–water partition coefficient (Wildman–Crippen LogP) is 6.00. The normalized spacial score (nSPS) is 13.0. The van der Waals surface area contributed by atoms with Gasteiger partial charge in [0, 0.05) is 16.9 Å². The van der Waals surface area contributed by atoms with E-state index >= 15 is 0 Å². The smallest absolute Gasteiger partial charge is 0.170 e. The Balaban J connectivity index is 1.49. The fourth-order valence-electron chi connectivity index (χ4n) is 2.77. The van der Waals surface area contributed by atoms with Crippen LogP contribution in [0.3, 0.4) is 0 Å². The maximum Gasteiger partial charge on any atom is 0.170 e. The molecule has 27 heavy (non-hydrogen) atoms. The zero-order chi connectivity index (χ0) is 18.6. The summed E-state index contributed by atoms with van der Waals surface area (Å²) in [6.45, 7) is 0. The van der Waals surface area contributed by atoms with Crippen molar-refractivity contribution in [2.24, 2.45) is 4.99 Å². The third-order valence-corrected chi connectivity index (χ3v) is 7.29. The van der Waals surface area contributed by atoms with Crippen molar-refractivity contribution in [3.8, 4) is 22.1 Å². The molecular formula is C20H18N2O2S3. The second kappa shape index (κ2) is 8.37. The number of thiazole rings is 1. The molecule has 2 heterocycles. The summed E-state index contributed by atoms with van der Waals surface area (Å²) >= 11 is 5.15. The van der Waals surface area contributed by atoms with Gasteiger partial charge in [-0.1, -0.05) is 47.8 Å². The molecule has 1 aromatic heterocycles. The second-order valence-corrected chi connectivity index (χ2v) is 8.81. The minimum Gasteiger partial charge on any atom is -0.493 e. The van der Waals surface area contributed by atoms with E-state index in [9.17, 15) is 0 Å². The number of thioether (sulfide) groups is 2. The molecule has 0 fully saturated rings. The van der Waals surface area contributed by atoms with Gasteiger partial charge in [0.15, 0.2) is 11.5 Å². The lowest BCUT2D eigenvalue weighted by Crippen LogP contribution is -1.96. The van der Waals surface area contributed by atoms with E-state index < -0.39 is 0 Å². The molecule has 0 amide bonds. The van der Waals surface area contributed by atoms with Crippen LogP contribution >= 0.6 is 34.9 Å². The summed E-state index contributed by atoms with van der Waals surface area (Å²) in [6, 6.07) is 14.2. The summed E-state index contributed by atoms with van der Waals surface area (Å²) < 4.78 is 12.0. The van der Waals surface area contributed by atoms with Crippen LogP contribution < -0.4 is 9.47 Å². The van der Waals surface area contributed by atoms with Crippen LogP contribution in [-0.2, 0) is 11.5 Å². The van der Waals surface area contributed by atoms with Crippen LogP contribution in [0.25, 0.3) is 10.6 Å². The zero-order valence-corrected chi connectivity index (χ0v) is 17.4. The second-order valence-electron chi connectivity index (χ2n) is 5.77. The number of methoxy groups -OCH3 is 2. The molecule has 0 radical (unpaired) electrons. The molecule has 3 aromatic rings. The number of hydrogen-bond donors (Lipinski definition) is 0. The van der Waals surface area contributed by atoms with Crippen molar-refractivity contribution in [3.05, 3.63) is 59.1 Å². The molecule has 0 aliphatic carbocycles. The van der Waals surface area contributed by atoms with Crippen molar-refractivity contribution in [3.63, 3.8) is 0 Å². The minimum atomic E-state index is 0.716. The summed E-state index contributed by atoms with van der Waals surface area (Å²) in [6.07, 6.45) is 0. The fourth-order valence-corrected chi connectivity index (χ4v) is 5.68. The summed E-state index contributed by atoms with van der Waals surface area (Å²) in [5.74, 6) is 3.22. The van der Waals surface area contributed by atoms with Gasteiger partial charge in [-0.05, 0) is 23.8 Å². The Kier molecular flexibility index (Phi) is 5.71. The van der Waals surface area contributed by atoms with Gasteiger partial charge in [0.2, 0.25) is 0 Å².